The number of nitrogens with zero attached hydrogens (tertiary/aromatic N) is 3. The molecule has 144 valence electrons. The third-order valence-electron chi connectivity index (χ3n) is 3.53. The molecule has 0 atom stereocenters. The topological polar surface area (TPSA) is 67.2 Å². The fourth-order valence-electron chi connectivity index (χ4n) is 2.09. The molecule has 1 heterocycles. The highest BCUT2D eigenvalue weighted by molar-refractivity contribution is 8.03. The van der Waals surface area contributed by atoms with Gasteiger partial charge >= 0.3 is 0 Å². The van der Waals surface area contributed by atoms with E-state index in [1.807, 2.05) is 37.3 Å². The lowest BCUT2D eigenvalue weighted by atomic mass is 10.1. The van der Waals surface area contributed by atoms with Crippen LogP contribution in [0.15, 0.2) is 68.4 Å². The summed E-state index contributed by atoms with van der Waals surface area (Å²) in [6.07, 6.45) is 0. The number of amides is 1. The third-order valence-corrected chi connectivity index (χ3v) is 7.04. The van der Waals surface area contributed by atoms with Gasteiger partial charge in [0.2, 0.25) is 0 Å². The van der Waals surface area contributed by atoms with Gasteiger partial charge in [-0.25, -0.2) is 5.43 Å². The van der Waals surface area contributed by atoms with E-state index < -0.39 is 0 Å². The number of aromatic nitrogens is 2. The fraction of sp³-hybridized carbons (Fsp3) is 0.158. The number of rotatable bonds is 8. The zero-order chi connectivity index (χ0) is 19.8. The number of benzene rings is 2. The molecule has 2 aromatic carbocycles. The molecule has 1 aromatic heterocycles. The fourth-order valence-corrected chi connectivity index (χ4v) is 4.99. The molecule has 5 nitrogen and oxygen atoms in total. The molecule has 9 heteroatoms. The monoisotopic (exact) mass is 448 g/mol. The predicted molar refractivity (Wildman–Crippen MR) is 118 cm³/mol. The van der Waals surface area contributed by atoms with Gasteiger partial charge in [-0.3, -0.25) is 4.79 Å². The second-order valence-electron chi connectivity index (χ2n) is 5.64. The lowest BCUT2D eigenvalue weighted by molar-refractivity contribution is -0.118. The molecule has 0 radical (unpaired) electrons. The molecule has 0 saturated carbocycles. The maximum atomic E-state index is 12.0. The molecule has 0 aliphatic heterocycles. The van der Waals surface area contributed by atoms with Gasteiger partial charge in [-0.15, -0.1) is 10.2 Å². The van der Waals surface area contributed by atoms with Gasteiger partial charge in [0, 0.05) is 10.8 Å². The van der Waals surface area contributed by atoms with E-state index in [9.17, 15) is 4.79 Å². The van der Waals surface area contributed by atoms with E-state index >= 15 is 0 Å². The van der Waals surface area contributed by atoms with Crippen LogP contribution in [0, 0.1) is 0 Å². The van der Waals surface area contributed by atoms with Gasteiger partial charge in [-0.2, -0.15) is 5.10 Å². The standard InChI is InChI=1S/C19H17ClN4OS3/c1-13(15-7-9-16(20)10-8-15)21-22-17(25)12-27-19-24-23-18(28-19)26-11-14-5-3-2-4-6-14/h2-10H,11-12H2,1H3,(H,22,25)/b21-13+. The molecule has 0 saturated heterocycles. The molecule has 3 aromatic rings. The number of thioether (sulfide) groups is 2. The van der Waals surface area contributed by atoms with Crippen LogP contribution in [0.1, 0.15) is 18.1 Å². The summed E-state index contributed by atoms with van der Waals surface area (Å²) < 4.78 is 1.66. The Kier molecular flexibility index (Phi) is 7.90. The van der Waals surface area contributed by atoms with Crippen LogP contribution in [0.3, 0.4) is 0 Å². The Morgan fingerprint density at radius 3 is 2.46 bits per heavy atom. The van der Waals surface area contributed by atoms with Gasteiger partial charge in [0.15, 0.2) is 8.68 Å². The van der Waals surface area contributed by atoms with Crippen molar-refractivity contribution in [1.29, 1.82) is 0 Å². The van der Waals surface area contributed by atoms with Crippen molar-refractivity contribution in [1.82, 2.24) is 15.6 Å². The van der Waals surface area contributed by atoms with Crippen LogP contribution in [-0.4, -0.2) is 27.6 Å². The average Bonchev–Trinajstić information content (AvgIpc) is 3.18. The van der Waals surface area contributed by atoms with Gasteiger partial charge in [-0.1, -0.05) is 88.9 Å². The Labute approximate surface area is 181 Å². The van der Waals surface area contributed by atoms with E-state index in [0.717, 1.165) is 20.0 Å². The van der Waals surface area contributed by atoms with Crippen LogP contribution >= 0.6 is 46.5 Å². The summed E-state index contributed by atoms with van der Waals surface area (Å²) >= 11 is 10.4. The Morgan fingerprint density at radius 1 is 1.07 bits per heavy atom. The second kappa shape index (κ2) is 10.6. The highest BCUT2D eigenvalue weighted by atomic mass is 35.5. The van der Waals surface area contributed by atoms with Crippen molar-refractivity contribution < 1.29 is 4.79 Å². The van der Waals surface area contributed by atoms with E-state index in [1.165, 1.54) is 28.7 Å². The summed E-state index contributed by atoms with van der Waals surface area (Å²) in [5.74, 6) is 0.890. The van der Waals surface area contributed by atoms with Crippen molar-refractivity contribution in [2.24, 2.45) is 5.10 Å². The second-order valence-corrected chi connectivity index (χ2v) is 9.49. The third kappa shape index (κ3) is 6.63. The molecule has 28 heavy (non-hydrogen) atoms. The van der Waals surface area contributed by atoms with Gasteiger partial charge in [0.1, 0.15) is 0 Å². The number of hydrogen-bond donors (Lipinski definition) is 1. The molecule has 0 spiro atoms. The number of hydrogen-bond acceptors (Lipinski definition) is 7. The maximum Gasteiger partial charge on any atom is 0.250 e. The van der Waals surface area contributed by atoms with Gasteiger partial charge in [-0.05, 0) is 30.2 Å². The summed E-state index contributed by atoms with van der Waals surface area (Å²) in [4.78, 5) is 12.0. The molecule has 1 amide bonds. The quantitative estimate of drug-likeness (QED) is 0.294. The largest absolute Gasteiger partial charge is 0.272 e. The summed E-state index contributed by atoms with van der Waals surface area (Å²) in [5.41, 5.74) is 5.42. The first kappa shape index (κ1) is 20.9. The van der Waals surface area contributed by atoms with Crippen LogP contribution in [-0.2, 0) is 10.5 Å². The molecule has 0 unspecified atom stereocenters. The Bertz CT molecular complexity index is 945. The first-order valence-electron chi connectivity index (χ1n) is 8.32. The summed E-state index contributed by atoms with van der Waals surface area (Å²) in [6, 6.07) is 17.5. The highest BCUT2D eigenvalue weighted by Gasteiger charge is 2.09. The summed E-state index contributed by atoms with van der Waals surface area (Å²) in [5, 5.41) is 13.1. The molecular formula is C19H17ClN4OS3. The van der Waals surface area contributed by atoms with Crippen LogP contribution in [0.5, 0.6) is 0 Å². The van der Waals surface area contributed by atoms with Crippen LogP contribution < -0.4 is 5.43 Å². The minimum atomic E-state index is -0.188. The van der Waals surface area contributed by atoms with Crippen LogP contribution in [0.2, 0.25) is 5.02 Å². The van der Waals surface area contributed by atoms with E-state index in [0.29, 0.717) is 10.7 Å². The molecule has 1 N–H and O–H groups in total. The van der Waals surface area contributed by atoms with Gasteiger partial charge in [0.05, 0.1) is 11.5 Å². The van der Waals surface area contributed by atoms with E-state index in [2.05, 4.69) is 32.9 Å². The number of carbonyl (C=O) groups excluding carboxylic acids is 1. The SMILES string of the molecule is C/C(=N\NC(=O)CSc1nnc(SCc2ccccc2)s1)c1ccc(Cl)cc1. The molecule has 3 rings (SSSR count). The smallest absolute Gasteiger partial charge is 0.250 e. The Balaban J connectivity index is 1.44. The highest BCUT2D eigenvalue weighted by Crippen LogP contribution is 2.30. The van der Waals surface area contributed by atoms with Crippen molar-refractivity contribution in [2.75, 3.05) is 5.75 Å². The number of hydrazone groups is 1. The van der Waals surface area contributed by atoms with Crippen molar-refractivity contribution >= 4 is 58.1 Å². The number of nitrogens with one attached hydrogen (secondary N) is 1. The van der Waals surface area contributed by atoms with Crippen LogP contribution in [0.25, 0.3) is 0 Å². The summed E-state index contributed by atoms with van der Waals surface area (Å²) in [6.45, 7) is 1.83. The first-order chi connectivity index (χ1) is 13.6. The van der Waals surface area contributed by atoms with Crippen molar-refractivity contribution in [2.45, 2.75) is 21.4 Å². The van der Waals surface area contributed by atoms with Crippen molar-refractivity contribution in [3.05, 3.63) is 70.7 Å². The lowest BCUT2D eigenvalue weighted by Crippen LogP contribution is -2.21. The Hall–Kier alpha value is -1.87. The minimum Gasteiger partial charge on any atom is -0.272 e. The van der Waals surface area contributed by atoms with E-state index in [1.54, 1.807) is 23.9 Å². The molecule has 0 aliphatic rings. The lowest BCUT2D eigenvalue weighted by Gasteiger charge is -2.02. The normalized spacial score (nSPS) is 11.4. The molecular weight excluding hydrogens is 432 g/mol. The zero-order valence-corrected chi connectivity index (χ0v) is 18.2. The first-order valence-corrected chi connectivity index (χ1v) is 11.5. The van der Waals surface area contributed by atoms with E-state index in [4.69, 9.17) is 11.6 Å². The predicted octanol–water partition coefficient (Wildman–Crippen LogP) is 5.12. The summed E-state index contributed by atoms with van der Waals surface area (Å²) in [7, 11) is 0. The number of carbonyl (C=O) groups is 1. The minimum absolute atomic E-state index is 0.188. The van der Waals surface area contributed by atoms with Gasteiger partial charge < -0.3 is 0 Å². The van der Waals surface area contributed by atoms with Crippen LogP contribution in [0.4, 0.5) is 0 Å². The van der Waals surface area contributed by atoms with E-state index in [-0.39, 0.29) is 11.7 Å². The van der Waals surface area contributed by atoms with Crippen molar-refractivity contribution in [3.63, 3.8) is 0 Å². The van der Waals surface area contributed by atoms with Gasteiger partial charge in [0.25, 0.3) is 5.91 Å². The maximum absolute atomic E-state index is 12.0. The average molecular weight is 449 g/mol. The zero-order valence-electron chi connectivity index (χ0n) is 15.0. The Morgan fingerprint density at radius 2 is 1.75 bits per heavy atom. The number of halogens is 1. The molecule has 0 fully saturated rings. The molecule has 0 aliphatic carbocycles. The van der Waals surface area contributed by atoms with Crippen molar-refractivity contribution in [3.8, 4) is 0 Å². The molecule has 0 bridgehead atoms.